The monoisotopic (exact) mass is 316 g/mol. The Morgan fingerprint density at radius 2 is 2.00 bits per heavy atom. The molecule has 0 radical (unpaired) electrons. The van der Waals surface area contributed by atoms with E-state index in [1.807, 2.05) is 16.9 Å². The van der Waals surface area contributed by atoms with Crippen molar-refractivity contribution in [3.63, 3.8) is 0 Å². The van der Waals surface area contributed by atoms with Crippen LogP contribution in [0.1, 0.15) is 42.1 Å². The number of hydrogen-bond acceptors (Lipinski definition) is 4. The van der Waals surface area contributed by atoms with Gasteiger partial charge in [-0.05, 0) is 31.0 Å². The first-order chi connectivity index (χ1) is 11.1. The Balaban J connectivity index is 2.07. The Hall–Kier alpha value is -2.50. The molecule has 1 fully saturated rings. The van der Waals surface area contributed by atoms with Crippen LogP contribution in [0.25, 0.3) is 11.3 Å². The van der Waals surface area contributed by atoms with Crippen molar-refractivity contribution < 1.29 is 19.4 Å². The fraction of sp³-hybridized carbons (Fsp3) is 0.412. The van der Waals surface area contributed by atoms with Crippen LogP contribution in [0.5, 0.6) is 11.5 Å². The number of benzene rings is 1. The number of carboxylic acids is 1. The van der Waals surface area contributed by atoms with Crippen molar-refractivity contribution >= 4 is 5.97 Å². The molecule has 6 nitrogen and oxygen atoms in total. The third-order valence-corrected chi connectivity index (χ3v) is 4.32. The molecule has 1 aliphatic carbocycles. The van der Waals surface area contributed by atoms with Crippen molar-refractivity contribution in [1.29, 1.82) is 0 Å². The molecule has 122 valence electrons. The van der Waals surface area contributed by atoms with Crippen molar-refractivity contribution in [2.24, 2.45) is 0 Å². The Labute approximate surface area is 134 Å². The molecule has 0 bridgehead atoms. The van der Waals surface area contributed by atoms with Crippen LogP contribution in [0.15, 0.2) is 24.4 Å². The lowest BCUT2D eigenvalue weighted by Gasteiger charge is -2.13. The molecule has 3 rings (SSSR count). The molecule has 1 aromatic heterocycles. The van der Waals surface area contributed by atoms with Gasteiger partial charge in [0.25, 0.3) is 0 Å². The van der Waals surface area contributed by atoms with Gasteiger partial charge in [-0.2, -0.15) is 5.10 Å². The van der Waals surface area contributed by atoms with Crippen molar-refractivity contribution in [3.05, 3.63) is 30.0 Å². The van der Waals surface area contributed by atoms with E-state index < -0.39 is 5.97 Å². The average molecular weight is 316 g/mol. The Kier molecular flexibility index (Phi) is 4.23. The third kappa shape index (κ3) is 2.88. The summed E-state index contributed by atoms with van der Waals surface area (Å²) in [5, 5.41) is 14.0. The predicted molar refractivity (Wildman–Crippen MR) is 85.2 cm³/mol. The zero-order valence-electron chi connectivity index (χ0n) is 13.3. The molecule has 0 spiro atoms. The first-order valence-electron chi connectivity index (χ1n) is 7.69. The molecule has 1 aromatic carbocycles. The third-order valence-electron chi connectivity index (χ3n) is 4.32. The lowest BCUT2D eigenvalue weighted by molar-refractivity contribution is 0.0693. The molecule has 0 atom stereocenters. The van der Waals surface area contributed by atoms with Gasteiger partial charge in [-0.3, -0.25) is 4.68 Å². The molecule has 1 N–H and O–H groups in total. The normalized spacial score (nSPS) is 14.9. The molecule has 23 heavy (non-hydrogen) atoms. The van der Waals surface area contributed by atoms with Crippen LogP contribution in [0.3, 0.4) is 0 Å². The summed E-state index contributed by atoms with van der Waals surface area (Å²) in [4.78, 5) is 11.5. The minimum absolute atomic E-state index is 0.0669. The van der Waals surface area contributed by atoms with Gasteiger partial charge in [0.1, 0.15) is 17.1 Å². The van der Waals surface area contributed by atoms with Crippen LogP contribution in [-0.2, 0) is 0 Å². The smallest absolute Gasteiger partial charge is 0.339 e. The van der Waals surface area contributed by atoms with Gasteiger partial charge in [0.05, 0.1) is 26.0 Å². The van der Waals surface area contributed by atoms with Crippen LogP contribution in [0.2, 0.25) is 0 Å². The van der Waals surface area contributed by atoms with Crippen LogP contribution < -0.4 is 9.47 Å². The van der Waals surface area contributed by atoms with Gasteiger partial charge in [-0.15, -0.1) is 0 Å². The van der Waals surface area contributed by atoms with Crippen LogP contribution in [-0.4, -0.2) is 35.1 Å². The van der Waals surface area contributed by atoms with Crippen LogP contribution in [0, 0.1) is 0 Å². The quantitative estimate of drug-likeness (QED) is 0.915. The summed E-state index contributed by atoms with van der Waals surface area (Å²) in [7, 11) is 2.97. The molecule has 0 amide bonds. The lowest BCUT2D eigenvalue weighted by Crippen LogP contribution is -2.06. The van der Waals surface area contributed by atoms with E-state index in [1.165, 1.54) is 33.1 Å². The SMILES string of the molecule is COc1cc(C(=O)O)c(OC)c(-c2ccn(C3CCCC3)n2)c1. The number of carbonyl (C=O) groups is 1. The van der Waals surface area contributed by atoms with Gasteiger partial charge in [0, 0.05) is 11.8 Å². The van der Waals surface area contributed by atoms with Crippen LogP contribution >= 0.6 is 0 Å². The fourth-order valence-corrected chi connectivity index (χ4v) is 3.14. The summed E-state index contributed by atoms with van der Waals surface area (Å²) in [6, 6.07) is 5.53. The number of rotatable bonds is 5. The maximum Gasteiger partial charge on any atom is 0.339 e. The average Bonchev–Trinajstić information content (AvgIpc) is 3.24. The number of methoxy groups -OCH3 is 2. The molecule has 2 aromatic rings. The summed E-state index contributed by atoms with van der Waals surface area (Å²) in [6.45, 7) is 0. The highest BCUT2D eigenvalue weighted by atomic mass is 16.5. The number of nitrogens with zero attached hydrogens (tertiary/aromatic N) is 2. The van der Waals surface area contributed by atoms with E-state index in [-0.39, 0.29) is 5.56 Å². The maximum atomic E-state index is 11.5. The number of ether oxygens (including phenoxy) is 2. The molecule has 0 unspecified atom stereocenters. The van der Waals surface area contributed by atoms with Crippen molar-refractivity contribution in [2.45, 2.75) is 31.7 Å². The summed E-state index contributed by atoms with van der Waals surface area (Å²) >= 11 is 0. The number of carboxylic acid groups (broad SMARTS) is 1. The molecule has 0 aliphatic heterocycles. The Morgan fingerprint density at radius 3 is 2.61 bits per heavy atom. The second-order valence-electron chi connectivity index (χ2n) is 5.68. The van der Waals surface area contributed by atoms with E-state index in [9.17, 15) is 9.90 Å². The lowest BCUT2D eigenvalue weighted by atomic mass is 10.1. The highest BCUT2D eigenvalue weighted by Crippen LogP contribution is 2.37. The molecule has 1 heterocycles. The van der Waals surface area contributed by atoms with E-state index in [4.69, 9.17) is 9.47 Å². The summed E-state index contributed by atoms with van der Waals surface area (Å²) in [5.74, 6) is -0.291. The second-order valence-corrected chi connectivity index (χ2v) is 5.68. The second kappa shape index (κ2) is 6.32. The molecular weight excluding hydrogens is 296 g/mol. The number of aromatic carboxylic acids is 1. The van der Waals surface area contributed by atoms with E-state index in [1.54, 1.807) is 6.07 Å². The Bertz CT molecular complexity index is 717. The molecule has 1 aliphatic rings. The fourth-order valence-electron chi connectivity index (χ4n) is 3.14. The highest BCUT2D eigenvalue weighted by Gasteiger charge is 2.22. The van der Waals surface area contributed by atoms with Gasteiger partial charge in [0.15, 0.2) is 0 Å². The van der Waals surface area contributed by atoms with E-state index in [2.05, 4.69) is 5.10 Å². The van der Waals surface area contributed by atoms with Crippen molar-refractivity contribution in [1.82, 2.24) is 9.78 Å². The first-order valence-corrected chi connectivity index (χ1v) is 7.69. The first kappa shape index (κ1) is 15.4. The van der Waals surface area contributed by atoms with E-state index in [0.29, 0.717) is 28.8 Å². The van der Waals surface area contributed by atoms with Crippen molar-refractivity contribution in [3.8, 4) is 22.8 Å². The van der Waals surface area contributed by atoms with Gasteiger partial charge < -0.3 is 14.6 Å². The summed E-state index contributed by atoms with van der Waals surface area (Å²) in [6.07, 6.45) is 6.68. The van der Waals surface area contributed by atoms with Gasteiger partial charge in [-0.1, -0.05) is 12.8 Å². The molecule has 0 saturated heterocycles. The topological polar surface area (TPSA) is 73.6 Å². The van der Waals surface area contributed by atoms with Gasteiger partial charge >= 0.3 is 5.97 Å². The Morgan fingerprint density at radius 1 is 1.26 bits per heavy atom. The van der Waals surface area contributed by atoms with E-state index >= 15 is 0 Å². The number of aromatic nitrogens is 2. The van der Waals surface area contributed by atoms with E-state index in [0.717, 1.165) is 12.8 Å². The molecule has 1 saturated carbocycles. The summed E-state index contributed by atoms with van der Waals surface area (Å²) < 4.78 is 12.5. The minimum Gasteiger partial charge on any atom is -0.497 e. The van der Waals surface area contributed by atoms with Gasteiger partial charge in [0.2, 0.25) is 0 Å². The standard InChI is InChI=1S/C17H20N2O4/c1-22-12-9-13(16(23-2)14(10-12)17(20)21)15-7-8-19(18-15)11-5-3-4-6-11/h7-11H,3-6H2,1-2H3,(H,20,21). The summed E-state index contributed by atoms with van der Waals surface area (Å²) in [5.41, 5.74) is 1.38. The predicted octanol–water partition coefficient (Wildman–Crippen LogP) is 3.38. The highest BCUT2D eigenvalue weighted by molar-refractivity contribution is 5.95. The van der Waals surface area contributed by atoms with Crippen molar-refractivity contribution in [2.75, 3.05) is 14.2 Å². The minimum atomic E-state index is -1.06. The number of hydrogen-bond donors (Lipinski definition) is 1. The van der Waals surface area contributed by atoms with Crippen LogP contribution in [0.4, 0.5) is 0 Å². The largest absolute Gasteiger partial charge is 0.497 e. The molecular formula is C17H20N2O4. The zero-order chi connectivity index (χ0) is 16.4. The van der Waals surface area contributed by atoms with Gasteiger partial charge in [-0.25, -0.2) is 4.79 Å². The maximum absolute atomic E-state index is 11.5. The zero-order valence-corrected chi connectivity index (χ0v) is 13.3. The molecule has 6 heteroatoms.